The molecule has 0 saturated heterocycles. The zero-order valence-corrected chi connectivity index (χ0v) is 33.4. The summed E-state index contributed by atoms with van der Waals surface area (Å²) in [6.45, 7) is 24.9. The van der Waals surface area contributed by atoms with Crippen LogP contribution in [0.1, 0.15) is 47.2 Å². The Morgan fingerprint density at radius 3 is 1.72 bits per heavy atom. The van der Waals surface area contributed by atoms with E-state index in [9.17, 15) is 19.8 Å². The second kappa shape index (κ2) is 16.7. The van der Waals surface area contributed by atoms with Crippen LogP contribution in [-0.2, 0) is 35.5 Å². The molecular weight excluding hydrogens is 729 g/mol. The summed E-state index contributed by atoms with van der Waals surface area (Å²) in [5.41, 5.74) is 8.43. The maximum Gasteiger partial charge on any atom is 0.190 e. The van der Waals surface area contributed by atoms with Gasteiger partial charge >= 0.3 is 0 Å². The van der Waals surface area contributed by atoms with Gasteiger partial charge in [-0.2, -0.15) is 15.0 Å². The highest BCUT2D eigenvalue weighted by atomic mass is 16.3. The maximum absolute atomic E-state index is 12.9. The van der Waals surface area contributed by atoms with Crippen molar-refractivity contribution in [1.29, 1.82) is 0 Å². The minimum absolute atomic E-state index is 0.00529. The highest BCUT2D eigenvalue weighted by Crippen LogP contribution is 2.26. The van der Waals surface area contributed by atoms with E-state index in [-0.39, 0.29) is 37.5 Å². The van der Waals surface area contributed by atoms with Crippen molar-refractivity contribution >= 4 is 45.0 Å². The molecule has 7 aromatic rings. The van der Waals surface area contributed by atoms with E-state index in [0.717, 1.165) is 55.5 Å². The first-order valence-electron chi connectivity index (χ1n) is 18.7. The normalized spacial score (nSPS) is 13.1. The van der Waals surface area contributed by atoms with Gasteiger partial charge in [0.1, 0.15) is 27.8 Å². The lowest BCUT2D eigenvalue weighted by atomic mass is 9.94. The van der Waals surface area contributed by atoms with Crippen LogP contribution in [0.25, 0.3) is 42.9 Å². The Balaban J connectivity index is 0.000000200. The molecule has 0 unspecified atom stereocenters. The van der Waals surface area contributed by atoms with Crippen LogP contribution >= 0.6 is 0 Å². The molecule has 0 aliphatic rings. The molecule has 0 radical (unpaired) electrons. The number of aromatic nitrogens is 6. The fourth-order valence-electron chi connectivity index (χ4n) is 6.56. The zero-order chi connectivity index (χ0) is 41.8. The van der Waals surface area contributed by atoms with Crippen molar-refractivity contribution in [2.45, 2.75) is 78.7 Å². The summed E-state index contributed by atoms with van der Waals surface area (Å²) in [7, 11) is 0. The molecule has 0 bridgehead atoms. The van der Waals surface area contributed by atoms with Crippen LogP contribution in [0.5, 0.6) is 0 Å². The smallest absolute Gasteiger partial charge is 0.190 e. The van der Waals surface area contributed by atoms with E-state index in [1.807, 2.05) is 69.3 Å². The van der Waals surface area contributed by atoms with Gasteiger partial charge in [-0.3, -0.25) is 9.59 Å². The average Bonchev–Trinajstić information content (AvgIpc) is 3.77. The van der Waals surface area contributed by atoms with E-state index in [2.05, 4.69) is 61.4 Å². The summed E-state index contributed by atoms with van der Waals surface area (Å²) in [6, 6.07) is 30.4. The largest absolute Gasteiger partial charge is 0.380 e. The molecule has 2 aromatic heterocycles. The SMILES string of the molecule is [C-]#[N+]c1ccc(CC(=O)[C@@](C)(O)Cn2nc3ccc(C)cc3n2)cc1C.[C-]#[N+]c1ccc(CC(=O)[C@@](C)(O)Cn2nnc3cc(-c4ccc(C)cc4)ccc32)cc1C. The molecule has 2 heterocycles. The number of ketones is 2. The highest BCUT2D eigenvalue weighted by Gasteiger charge is 2.33. The maximum atomic E-state index is 12.9. The summed E-state index contributed by atoms with van der Waals surface area (Å²) in [5, 5.41) is 38.7. The third-order valence-corrected chi connectivity index (χ3v) is 10.1. The Bertz CT molecular complexity index is 2750. The van der Waals surface area contributed by atoms with E-state index in [1.165, 1.54) is 24.2 Å². The van der Waals surface area contributed by atoms with Gasteiger partial charge in [0.25, 0.3) is 0 Å². The third-order valence-electron chi connectivity index (χ3n) is 10.1. The molecule has 2 N–H and O–H groups in total. The first-order valence-corrected chi connectivity index (χ1v) is 18.7. The fraction of sp³-hybridized carbons (Fsp3) is 0.261. The molecule has 2 atom stereocenters. The minimum Gasteiger partial charge on any atom is -0.380 e. The van der Waals surface area contributed by atoms with Crippen molar-refractivity contribution in [1.82, 2.24) is 30.0 Å². The second-order valence-electron chi connectivity index (χ2n) is 15.3. The number of hydrogen-bond donors (Lipinski definition) is 2. The minimum atomic E-state index is -1.61. The summed E-state index contributed by atoms with van der Waals surface area (Å²) < 4.78 is 1.57. The molecule has 58 heavy (non-hydrogen) atoms. The van der Waals surface area contributed by atoms with Crippen LogP contribution in [0, 0.1) is 40.8 Å². The summed E-state index contributed by atoms with van der Waals surface area (Å²) in [4.78, 5) is 33.7. The molecule has 0 aliphatic heterocycles. The summed E-state index contributed by atoms with van der Waals surface area (Å²) in [5.74, 6) is -0.627. The number of carbonyl (C=O) groups is 2. The van der Waals surface area contributed by atoms with E-state index in [1.54, 1.807) is 28.9 Å². The van der Waals surface area contributed by atoms with Gasteiger partial charge in [-0.25, -0.2) is 14.4 Å². The predicted molar refractivity (Wildman–Crippen MR) is 224 cm³/mol. The van der Waals surface area contributed by atoms with Crippen molar-refractivity contribution < 1.29 is 19.8 Å². The fourth-order valence-corrected chi connectivity index (χ4v) is 6.56. The van der Waals surface area contributed by atoms with Crippen molar-refractivity contribution in [3.63, 3.8) is 0 Å². The summed E-state index contributed by atoms with van der Waals surface area (Å²) in [6.07, 6.45) is 0.169. The van der Waals surface area contributed by atoms with Crippen molar-refractivity contribution in [2.75, 3.05) is 0 Å². The number of nitrogens with zero attached hydrogens (tertiary/aromatic N) is 8. The summed E-state index contributed by atoms with van der Waals surface area (Å²) >= 11 is 0. The zero-order valence-electron chi connectivity index (χ0n) is 33.4. The van der Waals surface area contributed by atoms with Crippen molar-refractivity contribution in [2.24, 2.45) is 0 Å². The molecule has 292 valence electrons. The second-order valence-corrected chi connectivity index (χ2v) is 15.3. The predicted octanol–water partition coefficient (Wildman–Crippen LogP) is 7.99. The Hall–Kier alpha value is -6.86. The molecule has 12 heteroatoms. The number of carbonyl (C=O) groups excluding carboxylic acids is 2. The molecular formula is C46H44N8O4. The average molecular weight is 773 g/mol. The molecule has 0 aliphatic carbocycles. The standard InChI is InChI=1S/C26H24N4O2.C20H20N4O2/c1-17-5-8-20(9-6-17)21-10-12-24-23(15-21)28-29-30(24)16-26(3,32)25(31)14-19-7-11-22(27-4)18(2)13-19;1-13-5-7-17-18(9-13)23-24(22-17)12-20(3,26)19(25)11-15-6-8-16(21-4)14(2)10-15/h5-13,15,32H,14,16H2,1-3H3;5-10,26H,11-12H2,1-3H3/t26-;20-/m00/s1. The Labute approximate surface area is 337 Å². The van der Waals surface area contributed by atoms with Gasteiger partial charge in [-0.05, 0) is 105 Å². The van der Waals surface area contributed by atoms with Crippen LogP contribution in [0.3, 0.4) is 0 Å². The van der Waals surface area contributed by atoms with E-state index in [4.69, 9.17) is 13.1 Å². The third kappa shape index (κ3) is 9.39. The van der Waals surface area contributed by atoms with Crippen LogP contribution < -0.4 is 0 Å². The molecule has 0 amide bonds. The lowest BCUT2D eigenvalue weighted by Crippen LogP contribution is -2.41. The first kappa shape index (κ1) is 40.8. The molecule has 5 aromatic carbocycles. The van der Waals surface area contributed by atoms with E-state index >= 15 is 0 Å². The van der Waals surface area contributed by atoms with Crippen LogP contribution in [0.4, 0.5) is 11.4 Å². The quantitative estimate of drug-likeness (QED) is 0.126. The Morgan fingerprint density at radius 2 is 1.16 bits per heavy atom. The number of rotatable bonds is 11. The van der Waals surface area contributed by atoms with Gasteiger partial charge in [0.15, 0.2) is 22.9 Å². The van der Waals surface area contributed by atoms with Gasteiger partial charge in [-0.15, -0.1) is 5.10 Å². The Morgan fingerprint density at radius 1 is 0.621 bits per heavy atom. The molecule has 0 spiro atoms. The monoisotopic (exact) mass is 772 g/mol. The number of hydrogen-bond acceptors (Lipinski definition) is 8. The van der Waals surface area contributed by atoms with Gasteiger partial charge in [0.2, 0.25) is 0 Å². The van der Waals surface area contributed by atoms with Crippen molar-refractivity contribution in [3.05, 3.63) is 153 Å². The van der Waals surface area contributed by atoms with Gasteiger partial charge in [0.05, 0.1) is 31.8 Å². The number of aliphatic hydroxyl groups is 2. The lowest BCUT2D eigenvalue weighted by molar-refractivity contribution is -0.137. The Kier molecular flexibility index (Phi) is 11.7. The van der Waals surface area contributed by atoms with Crippen LogP contribution in [0.15, 0.2) is 97.1 Å². The number of Topliss-reactive ketones (excluding diaryl/α,β-unsaturated/α-hetero) is 2. The first-order chi connectivity index (χ1) is 27.5. The number of fused-ring (bicyclic) bond motifs is 2. The molecule has 12 nitrogen and oxygen atoms in total. The van der Waals surface area contributed by atoms with Gasteiger partial charge in [-0.1, -0.05) is 83.6 Å². The number of benzene rings is 5. The number of aryl methyl sites for hydroxylation is 4. The lowest BCUT2D eigenvalue weighted by Gasteiger charge is -2.22. The van der Waals surface area contributed by atoms with Crippen LogP contribution in [-0.4, -0.2) is 63.0 Å². The molecule has 0 fully saturated rings. The van der Waals surface area contributed by atoms with Gasteiger partial charge < -0.3 is 10.2 Å². The molecule has 7 rings (SSSR count). The topological polar surface area (TPSA) is 145 Å². The highest BCUT2D eigenvalue weighted by molar-refractivity contribution is 5.89. The van der Waals surface area contributed by atoms with E-state index < -0.39 is 11.2 Å². The van der Waals surface area contributed by atoms with E-state index in [0.29, 0.717) is 16.9 Å². The van der Waals surface area contributed by atoms with Gasteiger partial charge in [0, 0.05) is 12.8 Å². The van der Waals surface area contributed by atoms with Crippen LogP contribution in [0.2, 0.25) is 0 Å². The van der Waals surface area contributed by atoms with Crippen molar-refractivity contribution in [3.8, 4) is 11.1 Å². The molecule has 0 saturated carbocycles.